The van der Waals surface area contributed by atoms with E-state index in [2.05, 4.69) is 148 Å². The number of rotatable bonds is 61. The number of carbonyl (C=O) groups is 2. The molecule has 0 fully saturated rings. The SMILES string of the molecule is CC/C=C\C/C=C\C/C=C\C/C=C\C/C=C\C/C=C\C/C=C\C/C=C\CCCCCCCCCCCCCCC(=O)OC(CO)COC(=O)CCCCCCCCCCCCCCCC/C=C\C/C=C\C/C=C\CCCCCCC. The molecule has 0 aliphatic carbocycles. The van der Waals surface area contributed by atoms with Crippen molar-refractivity contribution in [2.75, 3.05) is 13.2 Å². The van der Waals surface area contributed by atoms with Crippen LogP contribution in [0, 0.1) is 0 Å². The van der Waals surface area contributed by atoms with Crippen molar-refractivity contribution >= 4 is 11.9 Å². The maximum Gasteiger partial charge on any atom is 0.306 e. The number of hydrogen-bond acceptors (Lipinski definition) is 5. The number of ether oxygens (including phenoxy) is 2. The third kappa shape index (κ3) is 66.6. The van der Waals surface area contributed by atoms with Gasteiger partial charge in [-0.15, -0.1) is 0 Å². The van der Waals surface area contributed by atoms with Crippen LogP contribution in [0.15, 0.2) is 134 Å². The first kappa shape index (κ1) is 76.0. The Bertz CT molecular complexity index is 1630. The lowest BCUT2D eigenvalue weighted by Gasteiger charge is -2.15. The molecule has 0 rings (SSSR count). The molecule has 456 valence electrons. The highest BCUT2D eigenvalue weighted by atomic mass is 16.6. The minimum atomic E-state index is -0.783. The van der Waals surface area contributed by atoms with Crippen LogP contribution in [0.5, 0.6) is 0 Å². The molecule has 0 bridgehead atoms. The van der Waals surface area contributed by atoms with E-state index in [4.69, 9.17) is 9.47 Å². The van der Waals surface area contributed by atoms with E-state index in [9.17, 15) is 14.7 Å². The molecule has 1 N–H and O–H groups in total. The van der Waals surface area contributed by atoms with Crippen molar-refractivity contribution in [1.82, 2.24) is 0 Å². The van der Waals surface area contributed by atoms with Crippen molar-refractivity contribution in [2.45, 2.75) is 315 Å². The lowest BCUT2D eigenvalue weighted by molar-refractivity contribution is -0.161. The summed E-state index contributed by atoms with van der Waals surface area (Å²) in [6.45, 7) is 4.03. The fourth-order valence-electron chi connectivity index (χ4n) is 9.40. The number of aliphatic hydroxyl groups is 1. The molecule has 0 aromatic rings. The van der Waals surface area contributed by atoms with E-state index < -0.39 is 6.10 Å². The van der Waals surface area contributed by atoms with Gasteiger partial charge < -0.3 is 14.6 Å². The molecular formula is C75H126O5. The van der Waals surface area contributed by atoms with Crippen LogP contribution in [0.1, 0.15) is 309 Å². The van der Waals surface area contributed by atoms with Crippen LogP contribution in [0.3, 0.4) is 0 Å². The van der Waals surface area contributed by atoms with E-state index in [0.29, 0.717) is 12.8 Å². The predicted molar refractivity (Wildman–Crippen MR) is 352 cm³/mol. The van der Waals surface area contributed by atoms with Gasteiger partial charge in [-0.1, -0.05) is 314 Å². The lowest BCUT2D eigenvalue weighted by atomic mass is 10.0. The van der Waals surface area contributed by atoms with E-state index >= 15 is 0 Å². The lowest BCUT2D eigenvalue weighted by Crippen LogP contribution is -2.28. The number of allylic oxidation sites excluding steroid dienone is 22. The van der Waals surface area contributed by atoms with Crippen LogP contribution < -0.4 is 0 Å². The van der Waals surface area contributed by atoms with E-state index in [0.717, 1.165) is 103 Å². The highest BCUT2D eigenvalue weighted by molar-refractivity contribution is 5.70. The topological polar surface area (TPSA) is 72.8 Å². The minimum Gasteiger partial charge on any atom is -0.462 e. The van der Waals surface area contributed by atoms with Crippen LogP contribution in [-0.4, -0.2) is 36.4 Å². The molecule has 0 aliphatic heterocycles. The number of hydrogen-bond donors (Lipinski definition) is 1. The summed E-state index contributed by atoms with van der Waals surface area (Å²) in [5, 5.41) is 9.70. The van der Waals surface area contributed by atoms with Crippen LogP contribution in [0.4, 0.5) is 0 Å². The van der Waals surface area contributed by atoms with E-state index in [1.807, 2.05) is 0 Å². The zero-order valence-corrected chi connectivity index (χ0v) is 52.3. The van der Waals surface area contributed by atoms with Crippen molar-refractivity contribution in [3.05, 3.63) is 134 Å². The molecule has 0 saturated heterocycles. The molecule has 80 heavy (non-hydrogen) atoms. The van der Waals surface area contributed by atoms with Crippen molar-refractivity contribution in [1.29, 1.82) is 0 Å². The Labute approximate surface area is 496 Å². The second kappa shape index (κ2) is 69.3. The van der Waals surface area contributed by atoms with Crippen LogP contribution in [0.2, 0.25) is 0 Å². The summed E-state index contributed by atoms with van der Waals surface area (Å²) < 4.78 is 10.7. The fourth-order valence-corrected chi connectivity index (χ4v) is 9.40. The summed E-state index contributed by atoms with van der Waals surface area (Å²) in [5.74, 6) is -0.591. The molecule has 5 heteroatoms. The van der Waals surface area contributed by atoms with Gasteiger partial charge in [-0.2, -0.15) is 0 Å². The van der Waals surface area contributed by atoms with Gasteiger partial charge in [-0.3, -0.25) is 9.59 Å². The molecule has 5 nitrogen and oxygen atoms in total. The molecule has 0 heterocycles. The molecule has 0 saturated carbocycles. The van der Waals surface area contributed by atoms with Gasteiger partial charge >= 0.3 is 11.9 Å². The van der Waals surface area contributed by atoms with E-state index in [1.54, 1.807) is 0 Å². The third-order valence-corrected chi connectivity index (χ3v) is 14.4. The molecule has 1 atom stereocenters. The maximum atomic E-state index is 12.4. The summed E-state index contributed by atoms with van der Waals surface area (Å²) in [6, 6.07) is 0. The normalized spacial score (nSPS) is 13.1. The summed E-state index contributed by atoms with van der Waals surface area (Å²) in [6.07, 6.45) is 103. The average Bonchev–Trinajstić information content (AvgIpc) is 3.46. The summed E-state index contributed by atoms with van der Waals surface area (Å²) in [4.78, 5) is 24.6. The van der Waals surface area contributed by atoms with Gasteiger partial charge in [0.2, 0.25) is 0 Å². The van der Waals surface area contributed by atoms with E-state index in [-0.39, 0.29) is 25.2 Å². The molecular weight excluding hydrogens is 981 g/mol. The molecule has 0 radical (unpaired) electrons. The molecule has 0 aromatic carbocycles. The second-order valence-corrected chi connectivity index (χ2v) is 22.2. The number of esters is 2. The average molecular weight is 1110 g/mol. The molecule has 0 aromatic heterocycles. The van der Waals surface area contributed by atoms with Crippen molar-refractivity contribution in [3.63, 3.8) is 0 Å². The Kier molecular flexibility index (Phi) is 65.9. The van der Waals surface area contributed by atoms with Crippen LogP contribution in [0.25, 0.3) is 0 Å². The number of carbonyl (C=O) groups excluding carboxylic acids is 2. The van der Waals surface area contributed by atoms with Crippen molar-refractivity contribution in [3.8, 4) is 0 Å². The van der Waals surface area contributed by atoms with Gasteiger partial charge in [0.05, 0.1) is 6.61 Å². The van der Waals surface area contributed by atoms with Gasteiger partial charge in [0.25, 0.3) is 0 Å². The first-order valence-electron chi connectivity index (χ1n) is 33.7. The quantitative estimate of drug-likeness (QED) is 0.0373. The van der Waals surface area contributed by atoms with E-state index in [1.165, 1.54) is 180 Å². The highest BCUT2D eigenvalue weighted by Crippen LogP contribution is 2.16. The molecule has 0 aliphatic rings. The molecule has 1 unspecified atom stereocenters. The smallest absolute Gasteiger partial charge is 0.306 e. The Balaban J connectivity index is 3.52. The van der Waals surface area contributed by atoms with Gasteiger partial charge in [0.1, 0.15) is 6.61 Å². The largest absolute Gasteiger partial charge is 0.462 e. The molecule has 0 spiro atoms. The number of aliphatic hydroxyl groups excluding tert-OH is 1. The monoisotopic (exact) mass is 1110 g/mol. The zero-order valence-electron chi connectivity index (χ0n) is 52.3. The van der Waals surface area contributed by atoms with Crippen molar-refractivity contribution < 1.29 is 24.2 Å². The zero-order chi connectivity index (χ0) is 57.6. The Morgan fingerprint density at radius 3 is 0.812 bits per heavy atom. The minimum absolute atomic E-state index is 0.0714. The Morgan fingerprint density at radius 1 is 0.300 bits per heavy atom. The summed E-state index contributed by atoms with van der Waals surface area (Å²) >= 11 is 0. The van der Waals surface area contributed by atoms with Gasteiger partial charge in [-0.25, -0.2) is 0 Å². The highest BCUT2D eigenvalue weighted by Gasteiger charge is 2.16. The second-order valence-electron chi connectivity index (χ2n) is 22.2. The summed E-state index contributed by atoms with van der Waals surface area (Å²) in [5.41, 5.74) is 0. The Hall–Kier alpha value is -3.96. The van der Waals surface area contributed by atoms with Crippen LogP contribution >= 0.6 is 0 Å². The first-order valence-corrected chi connectivity index (χ1v) is 33.7. The van der Waals surface area contributed by atoms with Crippen molar-refractivity contribution in [2.24, 2.45) is 0 Å². The Morgan fingerprint density at radius 2 is 0.537 bits per heavy atom. The fraction of sp³-hybridized carbons (Fsp3) is 0.680. The predicted octanol–water partition coefficient (Wildman–Crippen LogP) is 23.5. The van der Waals surface area contributed by atoms with Crippen LogP contribution in [-0.2, 0) is 19.1 Å². The summed E-state index contributed by atoms with van der Waals surface area (Å²) in [7, 11) is 0. The standard InChI is InChI=1S/C75H126O5/c1-3-5-7-9-11-13-15-17-19-21-23-25-27-29-31-33-34-35-36-37-38-39-40-42-44-46-48-50-52-54-56-58-60-62-64-66-68-70-75(78)80-73(71-76)72-79-74(77)69-67-65-63-61-59-57-55-53-51-49-47-45-43-41-32-30-28-26-24-22-20-18-16-14-12-10-8-6-4-2/h5,7,11,13,16-19,22-25,28-31,34-35,37-38,40,42,73,76H,3-4,6,8-10,12,14-15,20-21,26-27,32-33,36,39,41,43-72H2,1-2H3/b7-5-,13-11-,18-16-,19-17-,24-22-,25-23-,30-28-,31-29-,35-34-,38-37-,42-40-. The number of unbranched alkanes of at least 4 members (excludes halogenated alkanes) is 31. The van der Waals surface area contributed by atoms with Gasteiger partial charge in [0, 0.05) is 12.8 Å². The first-order chi connectivity index (χ1) is 39.6. The van der Waals surface area contributed by atoms with Gasteiger partial charge in [-0.05, 0) is 116 Å². The maximum absolute atomic E-state index is 12.4. The van der Waals surface area contributed by atoms with Gasteiger partial charge in [0.15, 0.2) is 6.10 Å². The molecule has 0 amide bonds. The third-order valence-electron chi connectivity index (χ3n) is 14.4.